The molecule has 33 heavy (non-hydrogen) atoms. The molecular formula is C25H27N3O5. The van der Waals surface area contributed by atoms with Crippen LogP contribution < -0.4 is 4.74 Å². The van der Waals surface area contributed by atoms with Crippen molar-refractivity contribution in [2.45, 2.75) is 13.0 Å². The number of rotatable bonds is 8. The van der Waals surface area contributed by atoms with E-state index in [1.165, 1.54) is 0 Å². The van der Waals surface area contributed by atoms with Gasteiger partial charge < -0.3 is 23.8 Å². The average Bonchev–Trinajstić information content (AvgIpc) is 3.37. The Bertz CT molecular complexity index is 1080. The summed E-state index contributed by atoms with van der Waals surface area (Å²) in [6, 6.07) is 18.7. The van der Waals surface area contributed by atoms with Crippen LogP contribution in [0.15, 0.2) is 65.2 Å². The van der Waals surface area contributed by atoms with Crippen molar-refractivity contribution in [1.82, 2.24) is 15.0 Å². The summed E-state index contributed by atoms with van der Waals surface area (Å²) in [5, 5.41) is 4.01. The number of morpholine rings is 1. The minimum Gasteiger partial charge on any atom is -0.497 e. The van der Waals surface area contributed by atoms with Gasteiger partial charge in [-0.15, -0.1) is 0 Å². The molecule has 3 aromatic rings. The highest BCUT2D eigenvalue weighted by Crippen LogP contribution is 2.25. The van der Waals surface area contributed by atoms with Gasteiger partial charge >= 0.3 is 0 Å². The number of ether oxygens (including phenoxy) is 2. The van der Waals surface area contributed by atoms with Crippen LogP contribution in [0.5, 0.6) is 5.75 Å². The van der Waals surface area contributed by atoms with E-state index in [4.69, 9.17) is 14.0 Å². The molecule has 0 spiro atoms. The summed E-state index contributed by atoms with van der Waals surface area (Å²) in [5.74, 6) is 0.887. The molecule has 1 saturated heterocycles. The van der Waals surface area contributed by atoms with E-state index >= 15 is 0 Å². The van der Waals surface area contributed by atoms with Gasteiger partial charge in [0.05, 0.1) is 20.3 Å². The van der Waals surface area contributed by atoms with E-state index in [2.05, 4.69) is 5.16 Å². The Morgan fingerprint density at radius 1 is 1.06 bits per heavy atom. The standard InChI is InChI=1S/C25H27N3O5/c1-31-21-9-5-8-20(16-21)23-17-22(26-33-23)25(30)28(18-19-6-3-2-4-7-19)11-10-24(29)27-12-14-32-15-13-27/h2-9,16-17H,10-15,18H2,1H3. The number of carbonyl (C=O) groups excluding carboxylic acids is 2. The molecule has 172 valence electrons. The molecule has 0 radical (unpaired) electrons. The van der Waals surface area contributed by atoms with Gasteiger partial charge in [-0.2, -0.15) is 0 Å². The van der Waals surface area contributed by atoms with Crippen LogP contribution >= 0.6 is 0 Å². The van der Waals surface area contributed by atoms with Gasteiger partial charge in [-0.3, -0.25) is 9.59 Å². The van der Waals surface area contributed by atoms with E-state index in [1.54, 1.807) is 23.0 Å². The monoisotopic (exact) mass is 449 g/mol. The van der Waals surface area contributed by atoms with E-state index in [0.29, 0.717) is 44.4 Å². The fourth-order valence-electron chi connectivity index (χ4n) is 3.71. The molecule has 0 N–H and O–H groups in total. The Labute approximate surface area is 192 Å². The lowest BCUT2D eigenvalue weighted by atomic mass is 10.1. The van der Waals surface area contributed by atoms with Crippen LogP contribution in [0.2, 0.25) is 0 Å². The first-order valence-electron chi connectivity index (χ1n) is 10.9. The Kier molecular flexibility index (Phi) is 7.36. The number of methoxy groups -OCH3 is 1. The minimum absolute atomic E-state index is 0.0152. The van der Waals surface area contributed by atoms with Gasteiger partial charge in [0.2, 0.25) is 5.91 Å². The predicted molar refractivity (Wildman–Crippen MR) is 122 cm³/mol. The third-order valence-corrected chi connectivity index (χ3v) is 5.55. The van der Waals surface area contributed by atoms with Crippen LogP contribution in [0.4, 0.5) is 0 Å². The summed E-state index contributed by atoms with van der Waals surface area (Å²) in [6.45, 7) is 2.91. The lowest BCUT2D eigenvalue weighted by Gasteiger charge is -2.28. The molecule has 8 nitrogen and oxygen atoms in total. The zero-order valence-corrected chi connectivity index (χ0v) is 18.6. The first-order chi connectivity index (χ1) is 16.1. The topological polar surface area (TPSA) is 85.1 Å². The minimum atomic E-state index is -0.286. The molecule has 0 saturated carbocycles. The van der Waals surface area contributed by atoms with E-state index in [0.717, 1.165) is 11.1 Å². The predicted octanol–water partition coefficient (Wildman–Crippen LogP) is 3.24. The van der Waals surface area contributed by atoms with Gasteiger partial charge in [-0.1, -0.05) is 47.6 Å². The van der Waals surface area contributed by atoms with Crippen molar-refractivity contribution in [2.75, 3.05) is 40.0 Å². The van der Waals surface area contributed by atoms with Gasteiger partial charge in [0.1, 0.15) is 5.75 Å². The Hall–Kier alpha value is -3.65. The number of hydrogen-bond donors (Lipinski definition) is 0. The van der Waals surface area contributed by atoms with Crippen molar-refractivity contribution in [3.8, 4) is 17.1 Å². The average molecular weight is 450 g/mol. The number of benzene rings is 2. The Balaban J connectivity index is 1.50. The lowest BCUT2D eigenvalue weighted by Crippen LogP contribution is -2.42. The van der Waals surface area contributed by atoms with Crippen molar-refractivity contribution in [3.05, 3.63) is 71.9 Å². The van der Waals surface area contributed by atoms with Crippen LogP contribution in [0.25, 0.3) is 11.3 Å². The number of carbonyl (C=O) groups is 2. The first kappa shape index (κ1) is 22.5. The van der Waals surface area contributed by atoms with Crippen molar-refractivity contribution < 1.29 is 23.6 Å². The highest BCUT2D eigenvalue weighted by atomic mass is 16.5. The third kappa shape index (κ3) is 5.78. The van der Waals surface area contributed by atoms with Crippen molar-refractivity contribution in [2.24, 2.45) is 0 Å². The molecule has 0 bridgehead atoms. The van der Waals surface area contributed by atoms with Crippen LogP contribution in [0, 0.1) is 0 Å². The highest BCUT2D eigenvalue weighted by Gasteiger charge is 2.23. The maximum absolute atomic E-state index is 13.3. The third-order valence-electron chi connectivity index (χ3n) is 5.55. The molecule has 2 aromatic carbocycles. The van der Waals surface area contributed by atoms with Crippen molar-refractivity contribution >= 4 is 11.8 Å². The maximum Gasteiger partial charge on any atom is 0.276 e. The number of hydrogen-bond acceptors (Lipinski definition) is 6. The van der Waals surface area contributed by atoms with E-state index in [9.17, 15) is 9.59 Å². The second-order valence-electron chi connectivity index (χ2n) is 7.76. The zero-order chi connectivity index (χ0) is 23.0. The summed E-state index contributed by atoms with van der Waals surface area (Å²) in [6.07, 6.45) is 0.235. The van der Waals surface area contributed by atoms with Gasteiger partial charge in [0, 0.05) is 44.2 Å². The van der Waals surface area contributed by atoms with Gasteiger partial charge in [-0.05, 0) is 17.7 Å². The smallest absolute Gasteiger partial charge is 0.276 e. The normalized spacial score (nSPS) is 13.5. The second kappa shape index (κ2) is 10.8. The molecule has 0 atom stereocenters. The van der Waals surface area contributed by atoms with Crippen LogP contribution in [-0.2, 0) is 16.1 Å². The van der Waals surface area contributed by atoms with Crippen LogP contribution in [-0.4, -0.2) is 66.7 Å². The maximum atomic E-state index is 13.3. The summed E-state index contributed by atoms with van der Waals surface area (Å²) >= 11 is 0. The largest absolute Gasteiger partial charge is 0.497 e. The lowest BCUT2D eigenvalue weighted by molar-refractivity contribution is -0.135. The fourth-order valence-corrected chi connectivity index (χ4v) is 3.71. The van der Waals surface area contributed by atoms with Gasteiger partial charge in [0.15, 0.2) is 11.5 Å². The molecule has 0 unspecified atom stereocenters. The van der Waals surface area contributed by atoms with Crippen LogP contribution in [0.3, 0.4) is 0 Å². The summed E-state index contributed by atoms with van der Waals surface area (Å²) in [7, 11) is 1.59. The second-order valence-corrected chi connectivity index (χ2v) is 7.76. The molecular weight excluding hydrogens is 422 g/mol. The van der Waals surface area contributed by atoms with Crippen LogP contribution in [0.1, 0.15) is 22.5 Å². The molecule has 1 aromatic heterocycles. The van der Waals surface area contributed by atoms with Crippen molar-refractivity contribution in [1.29, 1.82) is 0 Å². The van der Waals surface area contributed by atoms with E-state index in [-0.39, 0.29) is 30.5 Å². The molecule has 2 amide bonds. The molecule has 0 aliphatic carbocycles. The fraction of sp³-hybridized carbons (Fsp3) is 0.320. The SMILES string of the molecule is COc1cccc(-c2cc(C(=O)N(CCC(=O)N3CCOCC3)Cc3ccccc3)no2)c1. The number of aromatic nitrogens is 1. The summed E-state index contributed by atoms with van der Waals surface area (Å²) in [4.78, 5) is 29.4. The zero-order valence-electron chi connectivity index (χ0n) is 18.6. The first-order valence-corrected chi connectivity index (χ1v) is 10.9. The Morgan fingerprint density at radius 3 is 2.61 bits per heavy atom. The van der Waals surface area contributed by atoms with E-state index < -0.39 is 0 Å². The quantitative estimate of drug-likeness (QED) is 0.525. The molecule has 2 heterocycles. The summed E-state index contributed by atoms with van der Waals surface area (Å²) in [5.41, 5.74) is 1.93. The molecule has 8 heteroatoms. The molecule has 1 fully saturated rings. The number of amides is 2. The molecule has 4 rings (SSSR count). The number of nitrogens with zero attached hydrogens (tertiary/aromatic N) is 3. The van der Waals surface area contributed by atoms with Gasteiger partial charge in [-0.25, -0.2) is 0 Å². The highest BCUT2D eigenvalue weighted by molar-refractivity contribution is 5.93. The summed E-state index contributed by atoms with van der Waals surface area (Å²) < 4.78 is 16.0. The molecule has 1 aliphatic heterocycles. The van der Waals surface area contributed by atoms with Crippen molar-refractivity contribution in [3.63, 3.8) is 0 Å². The van der Waals surface area contributed by atoms with Gasteiger partial charge in [0.25, 0.3) is 5.91 Å². The van der Waals surface area contributed by atoms with E-state index in [1.807, 2.05) is 54.6 Å². The molecule has 1 aliphatic rings. The Morgan fingerprint density at radius 2 is 1.85 bits per heavy atom.